The Morgan fingerprint density at radius 1 is 1.38 bits per heavy atom. The fourth-order valence-electron chi connectivity index (χ4n) is 3.77. The molecule has 1 aliphatic heterocycles. The molecular weight excluding hydrogens is 328 g/mol. The number of nitrogens with zero attached hydrogens (tertiary/aromatic N) is 1. The monoisotopic (exact) mass is 350 g/mol. The molecule has 130 valence electrons. The molecule has 1 N–H and O–H groups in total. The summed E-state index contributed by atoms with van der Waals surface area (Å²) in [5.41, 5.74) is 0.912. The highest BCUT2D eigenvalue weighted by molar-refractivity contribution is 6.30. The number of ether oxygens (including phenoxy) is 1. The van der Waals surface area contributed by atoms with Gasteiger partial charge >= 0.3 is 0 Å². The van der Waals surface area contributed by atoms with Gasteiger partial charge in [-0.25, -0.2) is 0 Å². The average molecular weight is 351 g/mol. The largest absolute Gasteiger partial charge is 0.483 e. The second-order valence-corrected chi connectivity index (χ2v) is 7.29. The molecule has 2 amide bonds. The Morgan fingerprint density at radius 2 is 2.12 bits per heavy atom. The van der Waals surface area contributed by atoms with Crippen LogP contribution in [0.4, 0.5) is 0 Å². The van der Waals surface area contributed by atoms with Crippen LogP contribution in [0.5, 0.6) is 5.75 Å². The summed E-state index contributed by atoms with van der Waals surface area (Å²) in [5.74, 6) is 1.66. The van der Waals surface area contributed by atoms with Gasteiger partial charge < -0.3 is 15.0 Å². The summed E-state index contributed by atoms with van der Waals surface area (Å²) in [6, 6.07) is 5.54. The minimum Gasteiger partial charge on any atom is -0.483 e. The number of piperidine rings is 1. The van der Waals surface area contributed by atoms with Crippen molar-refractivity contribution < 1.29 is 14.3 Å². The minimum atomic E-state index is -0.0349. The molecule has 1 aromatic carbocycles. The molecule has 1 aromatic rings. The van der Waals surface area contributed by atoms with Crippen molar-refractivity contribution >= 4 is 23.4 Å². The van der Waals surface area contributed by atoms with Crippen molar-refractivity contribution in [1.29, 1.82) is 0 Å². The highest BCUT2D eigenvalue weighted by Gasteiger charge is 2.40. The maximum atomic E-state index is 12.4. The molecular formula is C18H23ClN2O3. The van der Waals surface area contributed by atoms with E-state index in [-0.39, 0.29) is 24.5 Å². The third-order valence-corrected chi connectivity index (χ3v) is 5.49. The number of hydrogen-bond donors (Lipinski definition) is 1. The number of nitrogens with one attached hydrogen (secondary N) is 1. The van der Waals surface area contributed by atoms with Crippen molar-refractivity contribution in [2.75, 3.05) is 20.2 Å². The zero-order chi connectivity index (χ0) is 17.3. The molecule has 0 radical (unpaired) electrons. The van der Waals surface area contributed by atoms with Crippen LogP contribution < -0.4 is 10.1 Å². The SMILES string of the molecule is Cc1cc(Cl)ccc1OCC(=O)N(C)[C@H]1C[C@H]2CNC(=O)C[C@H]2C1. The number of benzene rings is 1. The van der Waals surface area contributed by atoms with E-state index in [4.69, 9.17) is 16.3 Å². The highest BCUT2D eigenvalue weighted by Crippen LogP contribution is 2.38. The van der Waals surface area contributed by atoms with Gasteiger partial charge in [-0.05, 0) is 55.4 Å². The molecule has 3 atom stereocenters. The van der Waals surface area contributed by atoms with Gasteiger partial charge in [0.25, 0.3) is 5.91 Å². The predicted octanol–water partition coefficient (Wildman–Crippen LogP) is 2.40. The van der Waals surface area contributed by atoms with E-state index >= 15 is 0 Å². The molecule has 1 aliphatic carbocycles. The number of fused-ring (bicyclic) bond motifs is 1. The van der Waals surface area contributed by atoms with Crippen LogP contribution in [0.3, 0.4) is 0 Å². The first-order valence-electron chi connectivity index (χ1n) is 8.35. The number of rotatable bonds is 4. The Balaban J connectivity index is 1.54. The maximum absolute atomic E-state index is 12.4. The minimum absolute atomic E-state index is 0.0159. The number of aryl methyl sites for hydroxylation is 1. The maximum Gasteiger partial charge on any atom is 0.260 e. The van der Waals surface area contributed by atoms with Gasteiger partial charge in [-0.15, -0.1) is 0 Å². The second kappa shape index (κ2) is 7.01. The molecule has 0 unspecified atom stereocenters. The van der Waals surface area contributed by atoms with E-state index in [0.29, 0.717) is 29.0 Å². The third kappa shape index (κ3) is 3.66. The Bertz CT molecular complexity index is 649. The molecule has 6 heteroatoms. The molecule has 1 saturated carbocycles. The second-order valence-electron chi connectivity index (χ2n) is 6.86. The van der Waals surface area contributed by atoms with Crippen LogP contribution in [0.25, 0.3) is 0 Å². The Labute approximate surface area is 147 Å². The van der Waals surface area contributed by atoms with Crippen molar-refractivity contribution in [1.82, 2.24) is 10.2 Å². The number of likely N-dealkylation sites (N-methyl/N-ethyl adjacent to an activating group) is 1. The summed E-state index contributed by atoms with van der Waals surface area (Å²) >= 11 is 5.93. The van der Waals surface area contributed by atoms with E-state index in [9.17, 15) is 9.59 Å². The molecule has 3 rings (SSSR count). The molecule has 1 saturated heterocycles. The normalized spacial score (nSPS) is 25.8. The zero-order valence-electron chi connectivity index (χ0n) is 14.0. The Morgan fingerprint density at radius 3 is 2.88 bits per heavy atom. The summed E-state index contributed by atoms with van der Waals surface area (Å²) in [7, 11) is 1.83. The fourth-order valence-corrected chi connectivity index (χ4v) is 4.00. The Hall–Kier alpha value is -1.75. The summed E-state index contributed by atoms with van der Waals surface area (Å²) in [4.78, 5) is 25.7. The first-order chi connectivity index (χ1) is 11.4. The molecule has 2 fully saturated rings. The fraction of sp³-hybridized carbons (Fsp3) is 0.556. The van der Waals surface area contributed by atoms with Crippen LogP contribution >= 0.6 is 11.6 Å². The van der Waals surface area contributed by atoms with Crippen molar-refractivity contribution in [3.8, 4) is 5.75 Å². The highest BCUT2D eigenvalue weighted by atomic mass is 35.5. The van der Waals surface area contributed by atoms with Gasteiger partial charge in [0.05, 0.1) is 0 Å². The summed E-state index contributed by atoms with van der Waals surface area (Å²) in [6.07, 6.45) is 2.44. The van der Waals surface area contributed by atoms with E-state index in [1.54, 1.807) is 17.0 Å². The lowest BCUT2D eigenvalue weighted by atomic mass is 9.89. The van der Waals surface area contributed by atoms with Crippen LogP contribution in [-0.2, 0) is 9.59 Å². The van der Waals surface area contributed by atoms with Gasteiger partial charge in [-0.2, -0.15) is 0 Å². The Kier molecular flexibility index (Phi) is 4.99. The van der Waals surface area contributed by atoms with Crippen LogP contribution in [0.1, 0.15) is 24.8 Å². The summed E-state index contributed by atoms with van der Waals surface area (Å²) < 4.78 is 5.65. The predicted molar refractivity (Wildman–Crippen MR) is 92.1 cm³/mol. The molecule has 24 heavy (non-hydrogen) atoms. The van der Waals surface area contributed by atoms with Crippen LogP contribution in [0.2, 0.25) is 5.02 Å². The third-order valence-electron chi connectivity index (χ3n) is 5.25. The van der Waals surface area contributed by atoms with Crippen molar-refractivity contribution in [2.24, 2.45) is 11.8 Å². The lowest BCUT2D eigenvalue weighted by molar-refractivity contribution is -0.134. The number of amides is 2. The van der Waals surface area contributed by atoms with Crippen molar-refractivity contribution in [3.63, 3.8) is 0 Å². The summed E-state index contributed by atoms with van der Waals surface area (Å²) in [6.45, 7) is 2.66. The van der Waals surface area contributed by atoms with Gasteiger partial charge in [-0.3, -0.25) is 9.59 Å². The summed E-state index contributed by atoms with van der Waals surface area (Å²) in [5, 5.41) is 3.57. The van der Waals surface area contributed by atoms with E-state index in [0.717, 1.165) is 24.9 Å². The molecule has 2 aliphatic rings. The van der Waals surface area contributed by atoms with E-state index in [1.807, 2.05) is 20.0 Å². The molecule has 0 bridgehead atoms. The van der Waals surface area contributed by atoms with Gasteiger partial charge in [0.2, 0.25) is 5.91 Å². The van der Waals surface area contributed by atoms with Crippen LogP contribution in [0.15, 0.2) is 18.2 Å². The van der Waals surface area contributed by atoms with E-state index in [1.165, 1.54) is 0 Å². The molecule has 1 heterocycles. The quantitative estimate of drug-likeness (QED) is 0.907. The molecule has 0 aromatic heterocycles. The van der Waals surface area contributed by atoms with Crippen molar-refractivity contribution in [2.45, 2.75) is 32.2 Å². The molecule has 5 nitrogen and oxygen atoms in total. The van der Waals surface area contributed by atoms with E-state index < -0.39 is 0 Å². The lowest BCUT2D eigenvalue weighted by Gasteiger charge is -2.25. The zero-order valence-corrected chi connectivity index (χ0v) is 14.8. The number of carbonyl (C=O) groups is 2. The van der Waals surface area contributed by atoms with Gasteiger partial charge in [-0.1, -0.05) is 11.6 Å². The van der Waals surface area contributed by atoms with Gasteiger partial charge in [0.15, 0.2) is 6.61 Å². The smallest absolute Gasteiger partial charge is 0.260 e. The average Bonchev–Trinajstić information content (AvgIpc) is 2.96. The van der Waals surface area contributed by atoms with Crippen LogP contribution in [0, 0.1) is 18.8 Å². The lowest BCUT2D eigenvalue weighted by Crippen LogP contribution is -2.39. The number of hydrogen-bond acceptors (Lipinski definition) is 3. The first-order valence-corrected chi connectivity index (χ1v) is 8.73. The molecule has 0 spiro atoms. The first kappa shape index (κ1) is 17.1. The van der Waals surface area contributed by atoms with Crippen LogP contribution in [-0.4, -0.2) is 43.0 Å². The standard InChI is InChI=1S/C18H23ClN2O3/c1-11-5-14(19)3-4-16(11)24-10-18(23)21(2)15-6-12-8-17(22)20-9-13(12)7-15/h3-5,12-13,15H,6-10H2,1-2H3,(H,20,22)/t12-,13+,15-/m1/s1. The van der Waals surface area contributed by atoms with E-state index in [2.05, 4.69) is 5.32 Å². The van der Waals surface area contributed by atoms with Gasteiger partial charge in [0, 0.05) is 31.1 Å². The number of carbonyl (C=O) groups excluding carboxylic acids is 2. The van der Waals surface area contributed by atoms with Gasteiger partial charge in [0.1, 0.15) is 5.75 Å². The van der Waals surface area contributed by atoms with Crippen molar-refractivity contribution in [3.05, 3.63) is 28.8 Å². The topological polar surface area (TPSA) is 58.6 Å². The number of halogens is 1.